The zero-order valence-corrected chi connectivity index (χ0v) is 12.0. The molecule has 106 valence electrons. The molecule has 2 aromatic rings. The Hall–Kier alpha value is -1.84. The van der Waals surface area contributed by atoms with Crippen LogP contribution in [0.25, 0.3) is 0 Å². The third-order valence-electron chi connectivity index (χ3n) is 3.19. The predicted molar refractivity (Wildman–Crippen MR) is 80.6 cm³/mol. The van der Waals surface area contributed by atoms with Crippen LogP contribution in [0.15, 0.2) is 54.6 Å². The number of nitrogens with two attached hydrogens (primary N) is 1. The average molecular weight is 271 g/mol. The molecule has 0 saturated heterocycles. The lowest BCUT2D eigenvalue weighted by Crippen LogP contribution is -2.26. The van der Waals surface area contributed by atoms with Crippen molar-refractivity contribution < 1.29 is 9.47 Å². The second-order valence-electron chi connectivity index (χ2n) is 4.85. The van der Waals surface area contributed by atoms with Gasteiger partial charge in [-0.05, 0) is 30.2 Å². The van der Waals surface area contributed by atoms with Crippen molar-refractivity contribution in [2.45, 2.75) is 25.7 Å². The number of rotatable bonds is 6. The van der Waals surface area contributed by atoms with Crippen LogP contribution >= 0.6 is 0 Å². The molecule has 0 aliphatic carbocycles. The topological polar surface area (TPSA) is 44.5 Å². The van der Waals surface area contributed by atoms with Crippen LogP contribution < -0.4 is 10.5 Å². The van der Waals surface area contributed by atoms with Gasteiger partial charge in [-0.1, -0.05) is 42.5 Å². The number of methoxy groups -OCH3 is 1. The summed E-state index contributed by atoms with van der Waals surface area (Å²) in [5.41, 5.74) is 8.24. The summed E-state index contributed by atoms with van der Waals surface area (Å²) in [6.07, 6.45) is -0.0988. The van der Waals surface area contributed by atoms with E-state index in [0.29, 0.717) is 6.61 Å². The van der Waals surface area contributed by atoms with Crippen molar-refractivity contribution in [2.75, 3.05) is 7.11 Å². The van der Waals surface area contributed by atoms with Gasteiger partial charge >= 0.3 is 0 Å². The van der Waals surface area contributed by atoms with E-state index in [0.717, 1.165) is 16.9 Å². The van der Waals surface area contributed by atoms with E-state index in [2.05, 4.69) is 0 Å². The average Bonchev–Trinajstić information content (AvgIpc) is 2.49. The van der Waals surface area contributed by atoms with E-state index in [1.807, 2.05) is 61.5 Å². The summed E-state index contributed by atoms with van der Waals surface area (Å²) >= 11 is 0. The highest BCUT2D eigenvalue weighted by atomic mass is 16.5. The van der Waals surface area contributed by atoms with E-state index in [1.54, 1.807) is 7.11 Å². The Labute approximate surface area is 120 Å². The highest BCUT2D eigenvalue weighted by Crippen LogP contribution is 2.22. The van der Waals surface area contributed by atoms with Gasteiger partial charge in [-0.25, -0.2) is 0 Å². The van der Waals surface area contributed by atoms with E-state index in [-0.39, 0.29) is 12.1 Å². The van der Waals surface area contributed by atoms with Gasteiger partial charge in [-0.15, -0.1) is 0 Å². The molecule has 0 aliphatic heterocycles. The summed E-state index contributed by atoms with van der Waals surface area (Å²) in [5.74, 6) is 0.848. The van der Waals surface area contributed by atoms with Gasteiger partial charge in [0.15, 0.2) is 0 Å². The zero-order chi connectivity index (χ0) is 14.4. The van der Waals surface area contributed by atoms with Crippen molar-refractivity contribution in [1.29, 1.82) is 0 Å². The third-order valence-corrected chi connectivity index (χ3v) is 3.19. The Bertz CT molecular complexity index is 508. The minimum Gasteiger partial charge on any atom is -0.497 e. The quantitative estimate of drug-likeness (QED) is 0.876. The fraction of sp³-hybridized carbons (Fsp3) is 0.294. The molecule has 20 heavy (non-hydrogen) atoms. The summed E-state index contributed by atoms with van der Waals surface area (Å²) in [6.45, 7) is 2.50. The maximum atomic E-state index is 6.03. The van der Waals surface area contributed by atoms with Gasteiger partial charge < -0.3 is 15.2 Å². The Morgan fingerprint density at radius 2 is 1.65 bits per heavy atom. The smallest absolute Gasteiger partial charge is 0.118 e. The maximum Gasteiger partial charge on any atom is 0.118 e. The molecule has 0 amide bonds. The highest BCUT2D eigenvalue weighted by molar-refractivity contribution is 5.27. The molecule has 2 aromatic carbocycles. The Morgan fingerprint density at radius 3 is 2.20 bits per heavy atom. The van der Waals surface area contributed by atoms with E-state index < -0.39 is 0 Å². The molecule has 3 heteroatoms. The predicted octanol–water partition coefficient (Wildman–Crippen LogP) is 3.30. The summed E-state index contributed by atoms with van der Waals surface area (Å²) in [4.78, 5) is 0. The number of hydrogen-bond donors (Lipinski definition) is 1. The van der Waals surface area contributed by atoms with Crippen LogP contribution in [0, 0.1) is 0 Å². The van der Waals surface area contributed by atoms with Crippen LogP contribution in [0.5, 0.6) is 5.75 Å². The molecule has 0 aromatic heterocycles. The molecule has 2 N–H and O–H groups in total. The largest absolute Gasteiger partial charge is 0.497 e. The molecule has 0 aliphatic rings. The van der Waals surface area contributed by atoms with Crippen molar-refractivity contribution >= 4 is 0 Å². The van der Waals surface area contributed by atoms with Gasteiger partial charge in [-0.2, -0.15) is 0 Å². The molecule has 0 saturated carbocycles. The number of hydrogen-bond acceptors (Lipinski definition) is 3. The van der Waals surface area contributed by atoms with Crippen molar-refractivity contribution in [3.05, 3.63) is 65.7 Å². The van der Waals surface area contributed by atoms with Gasteiger partial charge in [0.2, 0.25) is 0 Å². The first-order chi connectivity index (χ1) is 9.70. The Kier molecular flexibility index (Phi) is 5.16. The number of ether oxygens (including phenoxy) is 2. The van der Waals surface area contributed by atoms with Crippen molar-refractivity contribution in [2.24, 2.45) is 5.73 Å². The first-order valence-electron chi connectivity index (χ1n) is 6.76. The summed E-state index contributed by atoms with van der Waals surface area (Å²) in [5, 5.41) is 0. The van der Waals surface area contributed by atoms with Crippen molar-refractivity contribution in [3.63, 3.8) is 0 Å². The Balaban J connectivity index is 2.02. The van der Waals surface area contributed by atoms with Gasteiger partial charge in [0.05, 0.1) is 19.8 Å². The SMILES string of the molecule is COc1ccc(COC(c2ccccc2)C(C)N)cc1. The van der Waals surface area contributed by atoms with Crippen molar-refractivity contribution in [3.8, 4) is 5.75 Å². The fourth-order valence-corrected chi connectivity index (χ4v) is 2.10. The normalized spacial score (nSPS) is 13.8. The zero-order valence-electron chi connectivity index (χ0n) is 12.0. The Morgan fingerprint density at radius 1 is 1.00 bits per heavy atom. The monoisotopic (exact) mass is 271 g/mol. The molecule has 0 heterocycles. The van der Waals surface area contributed by atoms with Crippen LogP contribution in [0.1, 0.15) is 24.2 Å². The molecular formula is C17H21NO2. The lowest BCUT2D eigenvalue weighted by Gasteiger charge is -2.22. The molecule has 3 nitrogen and oxygen atoms in total. The van der Waals surface area contributed by atoms with Crippen LogP contribution in [0.4, 0.5) is 0 Å². The second-order valence-corrected chi connectivity index (χ2v) is 4.85. The van der Waals surface area contributed by atoms with Gasteiger partial charge in [0, 0.05) is 6.04 Å². The third kappa shape index (κ3) is 3.83. The maximum absolute atomic E-state index is 6.03. The summed E-state index contributed by atoms with van der Waals surface area (Å²) in [7, 11) is 1.66. The molecule has 0 radical (unpaired) electrons. The molecular weight excluding hydrogens is 250 g/mol. The van der Waals surface area contributed by atoms with E-state index in [4.69, 9.17) is 15.2 Å². The highest BCUT2D eigenvalue weighted by Gasteiger charge is 2.16. The lowest BCUT2D eigenvalue weighted by molar-refractivity contribution is 0.0259. The van der Waals surface area contributed by atoms with E-state index >= 15 is 0 Å². The molecule has 2 unspecified atom stereocenters. The van der Waals surface area contributed by atoms with Gasteiger partial charge in [-0.3, -0.25) is 0 Å². The standard InChI is InChI=1S/C17H21NO2/c1-13(18)17(15-6-4-3-5-7-15)20-12-14-8-10-16(19-2)11-9-14/h3-11,13,17H,12,18H2,1-2H3. The minimum atomic E-state index is -0.0988. The first kappa shape index (κ1) is 14.6. The van der Waals surface area contributed by atoms with Gasteiger partial charge in [0.1, 0.15) is 5.75 Å². The van der Waals surface area contributed by atoms with Crippen molar-refractivity contribution in [1.82, 2.24) is 0 Å². The second kappa shape index (κ2) is 7.08. The first-order valence-corrected chi connectivity index (χ1v) is 6.76. The molecule has 2 atom stereocenters. The van der Waals surface area contributed by atoms with Gasteiger partial charge in [0.25, 0.3) is 0 Å². The van der Waals surface area contributed by atoms with Crippen LogP contribution in [0.3, 0.4) is 0 Å². The van der Waals surface area contributed by atoms with E-state index in [9.17, 15) is 0 Å². The summed E-state index contributed by atoms with van der Waals surface area (Å²) < 4.78 is 11.1. The molecule has 0 bridgehead atoms. The minimum absolute atomic E-state index is 0.0596. The summed E-state index contributed by atoms with van der Waals surface area (Å²) in [6, 6.07) is 17.9. The molecule has 0 spiro atoms. The van der Waals surface area contributed by atoms with Crippen LogP contribution in [0.2, 0.25) is 0 Å². The molecule has 2 rings (SSSR count). The lowest BCUT2D eigenvalue weighted by atomic mass is 10.0. The number of benzene rings is 2. The van der Waals surface area contributed by atoms with E-state index in [1.165, 1.54) is 0 Å². The fourth-order valence-electron chi connectivity index (χ4n) is 2.10. The molecule has 0 fully saturated rings. The van der Waals surface area contributed by atoms with Crippen LogP contribution in [-0.2, 0) is 11.3 Å². The van der Waals surface area contributed by atoms with Crippen LogP contribution in [-0.4, -0.2) is 13.2 Å².